The zero-order valence-electron chi connectivity index (χ0n) is 11.5. The van der Waals surface area contributed by atoms with Gasteiger partial charge in [-0.05, 0) is 43.3 Å². The molecule has 1 aliphatic carbocycles. The normalized spacial score (nSPS) is 27.4. The van der Waals surface area contributed by atoms with E-state index in [1.807, 2.05) is 0 Å². The SMILES string of the molecule is CC(C)(C)[Si](C)(C)O[C@H]1CCC[C@H]1CCO. The van der Waals surface area contributed by atoms with E-state index < -0.39 is 8.32 Å². The van der Waals surface area contributed by atoms with Crippen LogP contribution in [0, 0.1) is 5.92 Å². The van der Waals surface area contributed by atoms with Crippen molar-refractivity contribution in [1.29, 1.82) is 0 Å². The van der Waals surface area contributed by atoms with Crippen molar-refractivity contribution in [2.75, 3.05) is 6.61 Å². The summed E-state index contributed by atoms with van der Waals surface area (Å²) in [5.74, 6) is 0.596. The molecule has 0 spiro atoms. The van der Waals surface area contributed by atoms with Crippen LogP contribution in [0.3, 0.4) is 0 Å². The maximum Gasteiger partial charge on any atom is 0.192 e. The molecule has 0 bridgehead atoms. The summed E-state index contributed by atoms with van der Waals surface area (Å²) in [6.45, 7) is 11.8. The second kappa shape index (κ2) is 5.19. The van der Waals surface area contributed by atoms with Crippen LogP contribution in [-0.4, -0.2) is 26.1 Å². The van der Waals surface area contributed by atoms with Gasteiger partial charge in [-0.1, -0.05) is 27.2 Å². The van der Waals surface area contributed by atoms with Gasteiger partial charge in [0.1, 0.15) is 0 Å². The first-order valence-corrected chi connectivity index (χ1v) is 9.47. The lowest BCUT2D eigenvalue weighted by molar-refractivity contribution is 0.121. The molecule has 0 aliphatic heterocycles. The van der Waals surface area contributed by atoms with Gasteiger partial charge in [0.15, 0.2) is 8.32 Å². The minimum Gasteiger partial charge on any atom is -0.414 e. The van der Waals surface area contributed by atoms with E-state index in [-0.39, 0.29) is 0 Å². The Morgan fingerprint density at radius 2 is 1.88 bits per heavy atom. The molecule has 1 rings (SSSR count). The van der Waals surface area contributed by atoms with Gasteiger partial charge in [0.2, 0.25) is 0 Å². The van der Waals surface area contributed by atoms with Crippen molar-refractivity contribution in [2.45, 2.75) is 70.7 Å². The van der Waals surface area contributed by atoms with Crippen molar-refractivity contribution >= 4 is 8.32 Å². The Kier molecular flexibility index (Phi) is 4.61. The molecule has 0 unspecified atom stereocenters. The highest BCUT2D eigenvalue weighted by Crippen LogP contribution is 2.41. The molecule has 0 aromatic heterocycles. The molecule has 2 atom stereocenters. The number of hydrogen-bond donors (Lipinski definition) is 1. The number of hydrogen-bond acceptors (Lipinski definition) is 2. The minimum absolute atomic E-state index is 0.291. The van der Waals surface area contributed by atoms with Crippen molar-refractivity contribution in [1.82, 2.24) is 0 Å². The molecule has 0 radical (unpaired) electrons. The third-order valence-electron chi connectivity index (χ3n) is 4.34. The van der Waals surface area contributed by atoms with E-state index in [0.717, 1.165) is 6.42 Å². The second-order valence-corrected chi connectivity index (χ2v) is 11.4. The van der Waals surface area contributed by atoms with Gasteiger partial charge < -0.3 is 9.53 Å². The maximum absolute atomic E-state index is 9.06. The van der Waals surface area contributed by atoms with Gasteiger partial charge in [-0.2, -0.15) is 0 Å². The summed E-state index contributed by atoms with van der Waals surface area (Å²) in [6, 6.07) is 0. The minimum atomic E-state index is -1.62. The van der Waals surface area contributed by atoms with E-state index in [0.29, 0.717) is 23.7 Å². The zero-order chi connectivity index (χ0) is 12.4. The van der Waals surface area contributed by atoms with Gasteiger partial charge in [0, 0.05) is 12.7 Å². The smallest absolute Gasteiger partial charge is 0.192 e. The first-order valence-electron chi connectivity index (χ1n) is 6.56. The van der Waals surface area contributed by atoms with Gasteiger partial charge >= 0.3 is 0 Å². The fourth-order valence-electron chi connectivity index (χ4n) is 2.21. The van der Waals surface area contributed by atoms with E-state index in [1.54, 1.807) is 0 Å². The Morgan fingerprint density at radius 3 is 2.38 bits per heavy atom. The number of rotatable bonds is 4. The third kappa shape index (κ3) is 3.31. The summed E-state index contributed by atoms with van der Waals surface area (Å²) in [5.41, 5.74) is 0. The number of aliphatic hydroxyl groups excluding tert-OH is 1. The first kappa shape index (κ1) is 14.2. The van der Waals surface area contributed by atoms with Crippen LogP contribution < -0.4 is 0 Å². The monoisotopic (exact) mass is 244 g/mol. The van der Waals surface area contributed by atoms with Gasteiger partial charge in [-0.3, -0.25) is 0 Å². The molecule has 0 aromatic carbocycles. The quantitative estimate of drug-likeness (QED) is 0.766. The Bertz CT molecular complexity index is 220. The molecule has 1 fully saturated rings. The Morgan fingerprint density at radius 1 is 1.25 bits per heavy atom. The topological polar surface area (TPSA) is 29.5 Å². The largest absolute Gasteiger partial charge is 0.414 e. The van der Waals surface area contributed by atoms with Crippen LogP contribution >= 0.6 is 0 Å². The molecular weight excluding hydrogens is 216 g/mol. The van der Waals surface area contributed by atoms with E-state index >= 15 is 0 Å². The Hall–Kier alpha value is 0.137. The van der Waals surface area contributed by atoms with Crippen molar-refractivity contribution in [3.05, 3.63) is 0 Å². The summed E-state index contributed by atoms with van der Waals surface area (Å²) < 4.78 is 6.46. The highest BCUT2D eigenvalue weighted by Gasteiger charge is 2.41. The van der Waals surface area contributed by atoms with Gasteiger partial charge in [0.05, 0.1) is 0 Å². The molecule has 0 saturated heterocycles. The van der Waals surface area contributed by atoms with Crippen LogP contribution in [0.5, 0.6) is 0 Å². The highest BCUT2D eigenvalue weighted by atomic mass is 28.4. The van der Waals surface area contributed by atoms with Crippen LogP contribution in [0.1, 0.15) is 46.5 Å². The molecule has 3 heteroatoms. The highest BCUT2D eigenvalue weighted by molar-refractivity contribution is 6.74. The van der Waals surface area contributed by atoms with E-state index in [2.05, 4.69) is 33.9 Å². The fourth-order valence-corrected chi connectivity index (χ4v) is 3.63. The van der Waals surface area contributed by atoms with Crippen molar-refractivity contribution in [3.63, 3.8) is 0 Å². The predicted octanol–water partition coefficient (Wildman–Crippen LogP) is 3.56. The van der Waals surface area contributed by atoms with E-state index in [9.17, 15) is 0 Å². The summed E-state index contributed by atoms with van der Waals surface area (Å²) >= 11 is 0. The van der Waals surface area contributed by atoms with Crippen LogP contribution in [0.15, 0.2) is 0 Å². The zero-order valence-corrected chi connectivity index (χ0v) is 12.5. The predicted molar refractivity (Wildman–Crippen MR) is 71.1 cm³/mol. The summed E-state index contributed by atoms with van der Waals surface area (Å²) in [6.07, 6.45) is 5.02. The Labute approximate surface area is 102 Å². The molecule has 1 N–H and O–H groups in total. The molecule has 1 aliphatic rings. The lowest BCUT2D eigenvalue weighted by Gasteiger charge is -2.39. The molecule has 0 heterocycles. The molecule has 16 heavy (non-hydrogen) atoms. The van der Waals surface area contributed by atoms with Crippen LogP contribution in [0.2, 0.25) is 18.1 Å². The second-order valence-electron chi connectivity index (χ2n) is 6.62. The molecule has 0 aromatic rings. The van der Waals surface area contributed by atoms with Gasteiger partial charge in [-0.15, -0.1) is 0 Å². The molecular formula is C13H28O2Si. The summed E-state index contributed by atoms with van der Waals surface area (Å²) in [4.78, 5) is 0. The maximum atomic E-state index is 9.06. The average Bonchev–Trinajstić information content (AvgIpc) is 2.51. The van der Waals surface area contributed by atoms with Gasteiger partial charge in [-0.25, -0.2) is 0 Å². The lowest BCUT2D eigenvalue weighted by Crippen LogP contribution is -2.44. The average molecular weight is 244 g/mol. The molecule has 2 nitrogen and oxygen atoms in total. The molecule has 1 saturated carbocycles. The fraction of sp³-hybridized carbons (Fsp3) is 1.00. The lowest BCUT2D eigenvalue weighted by atomic mass is 10.0. The standard InChI is InChI=1S/C13H28O2Si/c1-13(2,3)16(4,5)15-12-8-6-7-11(12)9-10-14/h11-12,14H,6-10H2,1-5H3/t11-,12-/m0/s1. The van der Waals surface area contributed by atoms with Crippen molar-refractivity contribution < 1.29 is 9.53 Å². The molecule has 0 amide bonds. The van der Waals surface area contributed by atoms with Crippen LogP contribution in [0.4, 0.5) is 0 Å². The van der Waals surface area contributed by atoms with Crippen molar-refractivity contribution in [2.24, 2.45) is 5.92 Å². The van der Waals surface area contributed by atoms with Crippen molar-refractivity contribution in [3.8, 4) is 0 Å². The van der Waals surface area contributed by atoms with E-state index in [4.69, 9.17) is 9.53 Å². The van der Waals surface area contributed by atoms with Crippen LogP contribution in [-0.2, 0) is 4.43 Å². The Balaban J connectivity index is 2.59. The summed E-state index contributed by atoms with van der Waals surface area (Å²) in [7, 11) is -1.62. The number of aliphatic hydroxyl groups is 1. The molecule has 96 valence electrons. The third-order valence-corrected chi connectivity index (χ3v) is 8.85. The first-order chi connectivity index (χ1) is 7.28. The van der Waals surface area contributed by atoms with Gasteiger partial charge in [0.25, 0.3) is 0 Å². The van der Waals surface area contributed by atoms with E-state index in [1.165, 1.54) is 19.3 Å². The van der Waals surface area contributed by atoms with Crippen LogP contribution in [0.25, 0.3) is 0 Å². The summed E-state index contributed by atoms with van der Waals surface area (Å²) in [5, 5.41) is 9.35.